The van der Waals surface area contributed by atoms with Gasteiger partial charge < -0.3 is 16.0 Å². The molecule has 0 fully saturated rings. The lowest BCUT2D eigenvalue weighted by atomic mass is 9.97. The van der Waals surface area contributed by atoms with Crippen LogP contribution in [0, 0.1) is 13.8 Å². The van der Waals surface area contributed by atoms with Gasteiger partial charge in [0, 0.05) is 23.3 Å². The van der Waals surface area contributed by atoms with Gasteiger partial charge in [-0.1, -0.05) is 30.9 Å². The summed E-state index contributed by atoms with van der Waals surface area (Å²) in [6.07, 6.45) is 8.80. The van der Waals surface area contributed by atoms with Gasteiger partial charge in [-0.2, -0.15) is 0 Å². The molecule has 0 bridgehead atoms. The molecule has 5 nitrogen and oxygen atoms in total. The number of carbonyl (C=O) groups excluding carboxylic acids is 1. The van der Waals surface area contributed by atoms with E-state index in [0.29, 0.717) is 5.69 Å². The zero-order valence-electron chi connectivity index (χ0n) is 15.8. The molecule has 0 spiro atoms. The number of benzene rings is 1. The first kappa shape index (κ1) is 19.4. The molecule has 0 aliphatic rings. The van der Waals surface area contributed by atoms with Crippen molar-refractivity contribution in [2.75, 3.05) is 0 Å². The molecule has 3 aromatic rings. The maximum atomic E-state index is 12.2. The molecule has 0 aliphatic carbocycles. The van der Waals surface area contributed by atoms with Gasteiger partial charge in [-0.25, -0.2) is 4.98 Å². The lowest BCUT2D eigenvalue weighted by molar-refractivity contribution is 0.0960. The van der Waals surface area contributed by atoms with Gasteiger partial charge in [0.1, 0.15) is 16.5 Å². The lowest BCUT2D eigenvalue weighted by Crippen LogP contribution is -2.28. The van der Waals surface area contributed by atoms with Crippen LogP contribution in [0.1, 0.15) is 27.2 Å². The van der Waals surface area contributed by atoms with Gasteiger partial charge in [0.2, 0.25) is 0 Å². The van der Waals surface area contributed by atoms with Crippen LogP contribution in [0.5, 0.6) is 0 Å². The summed E-state index contributed by atoms with van der Waals surface area (Å²) < 4.78 is 0. The normalized spacial score (nSPS) is 12.1. The van der Waals surface area contributed by atoms with Crippen molar-refractivity contribution in [3.8, 4) is 10.6 Å². The Morgan fingerprint density at radius 1 is 1.25 bits per heavy atom. The summed E-state index contributed by atoms with van der Waals surface area (Å²) in [5.41, 5.74) is 11.5. The Morgan fingerprint density at radius 3 is 2.71 bits per heavy atom. The van der Waals surface area contributed by atoms with Crippen LogP contribution in [0.4, 0.5) is 0 Å². The van der Waals surface area contributed by atoms with Gasteiger partial charge >= 0.3 is 0 Å². The molecule has 28 heavy (non-hydrogen) atoms. The monoisotopic (exact) mass is 390 g/mol. The number of allylic oxidation sites excluding steroid dienone is 4. The molecule has 4 N–H and O–H groups in total. The number of nitrogens with zero attached hydrogens (tertiary/aromatic N) is 1. The van der Waals surface area contributed by atoms with Crippen molar-refractivity contribution in [2.45, 2.75) is 13.8 Å². The molecular weight excluding hydrogens is 368 g/mol. The molecule has 6 heteroatoms. The summed E-state index contributed by atoms with van der Waals surface area (Å²) in [6, 6.07) is 8.04. The van der Waals surface area contributed by atoms with Crippen molar-refractivity contribution in [2.24, 2.45) is 5.73 Å². The number of hydrogen-bond donors (Lipinski definition) is 3. The zero-order chi connectivity index (χ0) is 20.1. The van der Waals surface area contributed by atoms with E-state index >= 15 is 0 Å². The number of nitrogens with two attached hydrogens (primary N) is 1. The number of aromatic amines is 1. The number of amides is 1. The highest BCUT2D eigenvalue weighted by molar-refractivity contribution is 7.13. The van der Waals surface area contributed by atoms with Crippen LogP contribution in [0.25, 0.3) is 16.1 Å². The number of H-pyrrole nitrogens is 1. The second-order valence-corrected chi connectivity index (χ2v) is 7.20. The molecular formula is C22H22N4OS. The summed E-state index contributed by atoms with van der Waals surface area (Å²) in [4.78, 5) is 19.5. The molecule has 0 radical (unpaired) electrons. The third-order valence-corrected chi connectivity index (χ3v) is 5.15. The van der Waals surface area contributed by atoms with Crippen LogP contribution in [-0.2, 0) is 0 Å². The molecule has 0 saturated carbocycles. The largest absolute Gasteiger partial charge is 0.385 e. The van der Waals surface area contributed by atoms with Crippen molar-refractivity contribution >= 4 is 22.8 Å². The number of aryl methyl sites for hydroxylation is 2. The summed E-state index contributed by atoms with van der Waals surface area (Å²) in [6.45, 7) is 7.82. The van der Waals surface area contributed by atoms with Crippen molar-refractivity contribution in [1.82, 2.24) is 15.3 Å². The molecule has 2 aromatic heterocycles. The van der Waals surface area contributed by atoms with E-state index in [1.54, 1.807) is 35.9 Å². The quantitative estimate of drug-likeness (QED) is 0.540. The van der Waals surface area contributed by atoms with E-state index in [-0.39, 0.29) is 11.7 Å². The van der Waals surface area contributed by atoms with E-state index in [9.17, 15) is 4.79 Å². The average Bonchev–Trinajstić information content (AvgIpc) is 3.35. The topological polar surface area (TPSA) is 83.8 Å². The number of rotatable bonds is 6. The second-order valence-electron chi connectivity index (χ2n) is 6.30. The predicted molar refractivity (Wildman–Crippen MR) is 116 cm³/mol. The number of carbonyl (C=O) groups is 1. The van der Waals surface area contributed by atoms with Crippen LogP contribution in [0.3, 0.4) is 0 Å². The molecule has 3 rings (SSSR count). The van der Waals surface area contributed by atoms with E-state index in [0.717, 1.165) is 32.8 Å². The lowest BCUT2D eigenvalue weighted by Gasteiger charge is -2.09. The van der Waals surface area contributed by atoms with Crippen LogP contribution in [0.15, 0.2) is 72.7 Å². The minimum atomic E-state index is -0.272. The Hall–Kier alpha value is -3.38. The summed E-state index contributed by atoms with van der Waals surface area (Å²) in [5, 5.41) is 5.61. The maximum absolute atomic E-state index is 12.2. The van der Waals surface area contributed by atoms with Crippen molar-refractivity contribution in [3.05, 3.63) is 95.1 Å². The first-order chi connectivity index (χ1) is 13.5. The fourth-order valence-corrected chi connectivity index (χ4v) is 3.44. The Morgan fingerprint density at radius 2 is 2.07 bits per heavy atom. The minimum Gasteiger partial charge on any atom is -0.385 e. The predicted octanol–water partition coefficient (Wildman–Crippen LogP) is 4.55. The highest BCUT2D eigenvalue weighted by Gasteiger charge is 2.10. The molecule has 0 atom stereocenters. The first-order valence-electron chi connectivity index (χ1n) is 8.75. The Bertz CT molecular complexity index is 1060. The molecule has 2 heterocycles. The number of thiazole rings is 1. The van der Waals surface area contributed by atoms with Crippen molar-refractivity contribution in [3.63, 3.8) is 0 Å². The van der Waals surface area contributed by atoms with Gasteiger partial charge in [0.25, 0.3) is 5.91 Å². The van der Waals surface area contributed by atoms with Gasteiger partial charge in [-0.05, 0) is 54.3 Å². The molecule has 1 aromatic carbocycles. The maximum Gasteiger partial charge on any atom is 0.273 e. The number of hydrogen-bond acceptors (Lipinski definition) is 4. The van der Waals surface area contributed by atoms with Crippen molar-refractivity contribution < 1.29 is 4.79 Å². The summed E-state index contributed by atoms with van der Waals surface area (Å²) in [5.74, 6) is -0.0150. The van der Waals surface area contributed by atoms with Crippen LogP contribution in [-0.4, -0.2) is 15.9 Å². The van der Waals surface area contributed by atoms with E-state index in [4.69, 9.17) is 5.73 Å². The van der Waals surface area contributed by atoms with E-state index in [1.807, 2.05) is 31.4 Å². The van der Waals surface area contributed by atoms with Crippen LogP contribution >= 0.6 is 11.3 Å². The van der Waals surface area contributed by atoms with Crippen LogP contribution in [0.2, 0.25) is 0 Å². The highest BCUT2D eigenvalue weighted by Crippen LogP contribution is 2.28. The molecule has 0 aliphatic heterocycles. The fourth-order valence-electron chi connectivity index (χ4n) is 2.81. The first-order valence-corrected chi connectivity index (χ1v) is 9.63. The number of aromatic nitrogens is 2. The fraction of sp³-hybridized carbons (Fsp3) is 0.0909. The third-order valence-electron chi connectivity index (χ3n) is 4.33. The van der Waals surface area contributed by atoms with E-state index in [1.165, 1.54) is 0 Å². The third kappa shape index (κ3) is 4.29. The standard InChI is InChI=1S/C22H22N4OS/c1-4-16(7-8-19(23)26-21(27)20-15(3)9-10-24-20)18-13-17(6-5-14(18)2)22-25-11-12-28-22/h4-13,24H,1,23H2,2-3H3,(H,26,27)/b16-7+,19-8+. The van der Waals surface area contributed by atoms with Crippen molar-refractivity contribution in [1.29, 1.82) is 0 Å². The average molecular weight is 391 g/mol. The second kappa shape index (κ2) is 8.54. The smallest absolute Gasteiger partial charge is 0.273 e. The highest BCUT2D eigenvalue weighted by atomic mass is 32.1. The van der Waals surface area contributed by atoms with Gasteiger partial charge in [0.05, 0.1) is 0 Å². The molecule has 142 valence electrons. The molecule has 0 saturated heterocycles. The Kier molecular flexibility index (Phi) is 5.91. The summed E-state index contributed by atoms with van der Waals surface area (Å²) >= 11 is 1.60. The van der Waals surface area contributed by atoms with Gasteiger partial charge in [0.15, 0.2) is 0 Å². The Balaban J connectivity index is 1.84. The van der Waals surface area contributed by atoms with Gasteiger partial charge in [-0.3, -0.25) is 4.79 Å². The number of nitrogens with one attached hydrogen (secondary N) is 2. The minimum absolute atomic E-state index is 0.257. The SMILES string of the molecule is C=C/C(=C\C=C(/N)NC(=O)c1[nH]ccc1C)c1cc(-c2nccs2)ccc1C. The molecule has 1 amide bonds. The van der Waals surface area contributed by atoms with Gasteiger partial charge in [-0.15, -0.1) is 11.3 Å². The zero-order valence-corrected chi connectivity index (χ0v) is 16.6. The van der Waals surface area contributed by atoms with E-state index in [2.05, 4.69) is 40.1 Å². The van der Waals surface area contributed by atoms with Crippen LogP contribution < -0.4 is 11.1 Å². The molecule has 0 unspecified atom stereocenters. The Labute approximate surface area is 168 Å². The van der Waals surface area contributed by atoms with E-state index < -0.39 is 0 Å². The summed E-state index contributed by atoms with van der Waals surface area (Å²) in [7, 11) is 0.